The van der Waals surface area contributed by atoms with Gasteiger partial charge in [0.15, 0.2) is 5.22 Å². The highest BCUT2D eigenvalue weighted by atomic mass is 35.5. The molecule has 0 unspecified atom stereocenters. The molecule has 1 aromatic heterocycles. The van der Waals surface area contributed by atoms with Crippen LogP contribution in [0.5, 0.6) is 0 Å². The van der Waals surface area contributed by atoms with Crippen molar-refractivity contribution in [3.63, 3.8) is 0 Å². The molecule has 1 saturated heterocycles. The third-order valence-corrected chi connectivity index (χ3v) is 4.87. The van der Waals surface area contributed by atoms with Crippen molar-refractivity contribution < 1.29 is 9.21 Å². The Kier molecular flexibility index (Phi) is 4.55. The van der Waals surface area contributed by atoms with Crippen molar-refractivity contribution in [3.8, 4) is 0 Å². The Morgan fingerprint density at radius 1 is 1.43 bits per heavy atom. The van der Waals surface area contributed by atoms with Gasteiger partial charge in [0.1, 0.15) is 5.76 Å². The highest BCUT2D eigenvalue weighted by molar-refractivity contribution is 6.28. The fourth-order valence-electron chi connectivity index (χ4n) is 3.18. The lowest BCUT2D eigenvalue weighted by atomic mass is 9.89. The molecule has 0 spiro atoms. The first-order valence-corrected chi connectivity index (χ1v) is 8.31. The second-order valence-corrected chi connectivity index (χ2v) is 6.58. The van der Waals surface area contributed by atoms with E-state index >= 15 is 0 Å². The predicted octanol–water partition coefficient (Wildman–Crippen LogP) is 3.06. The number of nitrogens with zero attached hydrogens (tertiary/aromatic N) is 1. The summed E-state index contributed by atoms with van der Waals surface area (Å²) in [5, 5.41) is 4.00. The van der Waals surface area contributed by atoms with Crippen molar-refractivity contribution in [2.24, 2.45) is 11.8 Å². The molecular formula is C16H23ClN2O2. The number of halogens is 1. The summed E-state index contributed by atoms with van der Waals surface area (Å²) in [6.45, 7) is 4.67. The number of piperidine rings is 1. The molecule has 3 rings (SSSR count). The van der Waals surface area contributed by atoms with Gasteiger partial charge in [0.05, 0.1) is 6.54 Å². The topological polar surface area (TPSA) is 45.5 Å². The molecule has 1 aliphatic heterocycles. The Balaban J connectivity index is 1.52. The van der Waals surface area contributed by atoms with E-state index in [4.69, 9.17) is 16.0 Å². The Bertz CT molecular complexity index is 498. The largest absolute Gasteiger partial charge is 0.448 e. The van der Waals surface area contributed by atoms with E-state index in [2.05, 4.69) is 17.1 Å². The number of furan rings is 1. The summed E-state index contributed by atoms with van der Waals surface area (Å²) in [6.07, 6.45) is 4.29. The van der Waals surface area contributed by atoms with Crippen LogP contribution in [0.3, 0.4) is 0 Å². The van der Waals surface area contributed by atoms with Gasteiger partial charge in [-0.05, 0) is 48.9 Å². The fourth-order valence-corrected chi connectivity index (χ4v) is 3.34. The average Bonchev–Trinajstić information content (AvgIpc) is 3.27. The van der Waals surface area contributed by atoms with Crippen LogP contribution in [0.15, 0.2) is 16.5 Å². The molecule has 2 aliphatic rings. The maximum atomic E-state index is 12.2. The van der Waals surface area contributed by atoms with E-state index in [9.17, 15) is 4.79 Å². The summed E-state index contributed by atoms with van der Waals surface area (Å²) >= 11 is 5.79. The summed E-state index contributed by atoms with van der Waals surface area (Å²) in [5.41, 5.74) is 0. The van der Waals surface area contributed by atoms with E-state index < -0.39 is 0 Å². The van der Waals surface area contributed by atoms with Gasteiger partial charge in [0.2, 0.25) is 5.91 Å². The van der Waals surface area contributed by atoms with Crippen molar-refractivity contribution >= 4 is 17.5 Å². The van der Waals surface area contributed by atoms with Crippen LogP contribution < -0.4 is 5.32 Å². The van der Waals surface area contributed by atoms with Gasteiger partial charge in [-0.3, -0.25) is 4.79 Å². The maximum Gasteiger partial charge on any atom is 0.225 e. The first kappa shape index (κ1) is 14.9. The van der Waals surface area contributed by atoms with Gasteiger partial charge in [0, 0.05) is 25.0 Å². The van der Waals surface area contributed by atoms with Crippen LogP contribution in [-0.2, 0) is 11.3 Å². The van der Waals surface area contributed by atoms with Gasteiger partial charge >= 0.3 is 0 Å². The first-order valence-electron chi connectivity index (χ1n) is 7.93. The molecule has 1 amide bonds. The highest BCUT2D eigenvalue weighted by Gasteiger charge is 2.37. The van der Waals surface area contributed by atoms with E-state index in [0.29, 0.717) is 35.5 Å². The standard InChI is InChI=1S/C16H23ClN2O2/c1-2-11-10-19(16(20)12-3-4-12)8-7-14(11)18-9-13-5-6-15(17)21-13/h5-6,11-12,14,18H,2-4,7-10H2,1H3/t11-,14+/m0/s1. The first-order chi connectivity index (χ1) is 10.2. The molecular weight excluding hydrogens is 288 g/mol. The SMILES string of the molecule is CC[C@H]1CN(C(=O)C2CC2)CC[C@H]1NCc1ccc(Cl)o1. The molecule has 0 radical (unpaired) electrons. The summed E-state index contributed by atoms with van der Waals surface area (Å²) < 4.78 is 5.38. The monoisotopic (exact) mass is 310 g/mol. The van der Waals surface area contributed by atoms with Crippen LogP contribution in [0.25, 0.3) is 0 Å². The van der Waals surface area contributed by atoms with Gasteiger partial charge < -0.3 is 14.6 Å². The fraction of sp³-hybridized carbons (Fsp3) is 0.688. The Labute approximate surface area is 130 Å². The molecule has 1 saturated carbocycles. The van der Waals surface area contributed by atoms with Crippen LogP contribution in [0.2, 0.25) is 5.22 Å². The Morgan fingerprint density at radius 2 is 2.24 bits per heavy atom. The van der Waals surface area contributed by atoms with Crippen LogP contribution in [-0.4, -0.2) is 29.9 Å². The van der Waals surface area contributed by atoms with E-state index in [0.717, 1.165) is 44.5 Å². The third-order valence-electron chi connectivity index (χ3n) is 4.66. The summed E-state index contributed by atoms with van der Waals surface area (Å²) in [7, 11) is 0. The minimum atomic E-state index is 0.331. The normalized spacial score (nSPS) is 26.1. The van der Waals surface area contributed by atoms with Crippen molar-refractivity contribution in [3.05, 3.63) is 23.1 Å². The lowest BCUT2D eigenvalue weighted by Crippen LogP contribution is -2.51. The number of rotatable bonds is 5. The zero-order valence-corrected chi connectivity index (χ0v) is 13.2. The smallest absolute Gasteiger partial charge is 0.225 e. The highest BCUT2D eigenvalue weighted by Crippen LogP contribution is 2.33. The van der Waals surface area contributed by atoms with Gasteiger partial charge in [0.25, 0.3) is 0 Å². The van der Waals surface area contributed by atoms with E-state index in [1.54, 1.807) is 6.07 Å². The molecule has 1 aromatic rings. The Morgan fingerprint density at radius 3 is 2.86 bits per heavy atom. The van der Waals surface area contributed by atoms with Crippen molar-refractivity contribution in [1.82, 2.24) is 10.2 Å². The van der Waals surface area contributed by atoms with Crippen molar-refractivity contribution in [2.75, 3.05) is 13.1 Å². The van der Waals surface area contributed by atoms with Crippen LogP contribution in [0.4, 0.5) is 0 Å². The number of nitrogens with one attached hydrogen (secondary N) is 1. The molecule has 0 bridgehead atoms. The van der Waals surface area contributed by atoms with E-state index in [-0.39, 0.29) is 0 Å². The second-order valence-electron chi connectivity index (χ2n) is 6.21. The summed E-state index contributed by atoms with van der Waals surface area (Å²) in [6, 6.07) is 4.12. The van der Waals surface area contributed by atoms with Gasteiger partial charge in [-0.25, -0.2) is 0 Å². The van der Waals surface area contributed by atoms with E-state index in [1.165, 1.54) is 0 Å². The quantitative estimate of drug-likeness (QED) is 0.909. The van der Waals surface area contributed by atoms with E-state index in [1.807, 2.05) is 6.07 Å². The maximum absolute atomic E-state index is 12.2. The van der Waals surface area contributed by atoms with Crippen LogP contribution >= 0.6 is 11.6 Å². The summed E-state index contributed by atoms with van der Waals surface area (Å²) in [5.74, 6) is 2.10. The molecule has 4 nitrogen and oxygen atoms in total. The zero-order valence-electron chi connectivity index (χ0n) is 12.5. The van der Waals surface area contributed by atoms with Crippen molar-refractivity contribution in [1.29, 1.82) is 0 Å². The number of carbonyl (C=O) groups excluding carboxylic acids is 1. The molecule has 5 heteroatoms. The number of likely N-dealkylation sites (tertiary alicyclic amines) is 1. The number of hydrogen-bond acceptors (Lipinski definition) is 3. The van der Waals surface area contributed by atoms with Gasteiger partial charge in [-0.2, -0.15) is 0 Å². The lowest BCUT2D eigenvalue weighted by Gasteiger charge is -2.39. The average molecular weight is 311 g/mol. The second kappa shape index (κ2) is 6.41. The predicted molar refractivity (Wildman–Crippen MR) is 82.0 cm³/mol. The molecule has 1 aliphatic carbocycles. The minimum absolute atomic E-state index is 0.331. The Hall–Kier alpha value is -1.00. The molecule has 2 atom stereocenters. The van der Waals surface area contributed by atoms with Gasteiger partial charge in [-0.15, -0.1) is 0 Å². The minimum Gasteiger partial charge on any atom is -0.448 e. The summed E-state index contributed by atoms with van der Waals surface area (Å²) in [4.78, 5) is 14.3. The molecule has 116 valence electrons. The van der Waals surface area contributed by atoms with Crippen LogP contribution in [0, 0.1) is 11.8 Å². The number of amides is 1. The molecule has 0 aromatic carbocycles. The number of hydrogen-bond donors (Lipinski definition) is 1. The van der Waals surface area contributed by atoms with Gasteiger partial charge in [-0.1, -0.05) is 13.3 Å². The number of carbonyl (C=O) groups is 1. The molecule has 2 heterocycles. The van der Waals surface area contributed by atoms with Crippen molar-refractivity contribution in [2.45, 2.75) is 45.2 Å². The van der Waals surface area contributed by atoms with Crippen LogP contribution in [0.1, 0.15) is 38.4 Å². The lowest BCUT2D eigenvalue weighted by molar-refractivity contribution is -0.134. The third kappa shape index (κ3) is 3.61. The molecule has 2 fully saturated rings. The zero-order chi connectivity index (χ0) is 14.8. The molecule has 21 heavy (non-hydrogen) atoms. The molecule has 1 N–H and O–H groups in total.